The quantitative estimate of drug-likeness (QED) is 0.749. The van der Waals surface area contributed by atoms with E-state index in [1.165, 1.54) is 6.33 Å². The third-order valence-corrected chi connectivity index (χ3v) is 4.53. The molecule has 24 heavy (non-hydrogen) atoms. The molecule has 0 amide bonds. The van der Waals surface area contributed by atoms with Gasteiger partial charge in [-0.15, -0.1) is 0 Å². The Bertz CT molecular complexity index is 708. The van der Waals surface area contributed by atoms with Crippen LogP contribution in [0, 0.1) is 0 Å². The summed E-state index contributed by atoms with van der Waals surface area (Å²) >= 11 is 0. The molecule has 0 bridgehead atoms. The van der Waals surface area contributed by atoms with Crippen LogP contribution >= 0.6 is 0 Å². The molecule has 2 atom stereocenters. The van der Waals surface area contributed by atoms with Crippen molar-refractivity contribution < 1.29 is 9.53 Å². The van der Waals surface area contributed by atoms with E-state index in [1.807, 2.05) is 18.2 Å². The number of nitrogens with zero attached hydrogens (tertiary/aromatic N) is 3. The number of hydrogen-bond donors (Lipinski definition) is 2. The second kappa shape index (κ2) is 7.65. The molecule has 1 aromatic heterocycles. The first-order chi connectivity index (χ1) is 11.7. The van der Waals surface area contributed by atoms with Crippen LogP contribution in [0.4, 0.5) is 5.82 Å². The average Bonchev–Trinajstić information content (AvgIpc) is 2.60. The molecule has 2 aromatic rings. The molecule has 0 aliphatic carbocycles. The molecule has 1 aliphatic heterocycles. The normalized spacial score (nSPS) is 21.9. The molecule has 3 N–H and O–H groups in total. The first kappa shape index (κ1) is 16.8. The van der Waals surface area contributed by atoms with Crippen LogP contribution in [-0.2, 0) is 16.1 Å². The molecular formula is C17H23N5O2. The number of carbonyl (C=O) groups is 1. The number of aldehydes is 1. The summed E-state index contributed by atoms with van der Waals surface area (Å²) in [6, 6.07) is 5.95. The van der Waals surface area contributed by atoms with Crippen LogP contribution in [0.15, 0.2) is 24.5 Å². The van der Waals surface area contributed by atoms with Gasteiger partial charge in [-0.2, -0.15) is 0 Å². The van der Waals surface area contributed by atoms with Crippen LogP contribution in [0.3, 0.4) is 0 Å². The van der Waals surface area contributed by atoms with Gasteiger partial charge < -0.3 is 20.6 Å². The zero-order chi connectivity index (χ0) is 16.9. The van der Waals surface area contributed by atoms with Crippen molar-refractivity contribution in [3.8, 4) is 0 Å². The first-order valence-electron chi connectivity index (χ1n) is 8.13. The largest absolute Gasteiger partial charge is 0.385 e. The van der Waals surface area contributed by atoms with Crippen LogP contribution in [-0.4, -0.2) is 60.0 Å². The highest BCUT2D eigenvalue weighted by Gasteiger charge is 2.30. The summed E-state index contributed by atoms with van der Waals surface area (Å²) in [5, 5.41) is 4.27. The standard InChI is InChI=1S/C17H23N5O2/c1-24-7-4-14-16(10-23)22(6-5-19-14)9-12-2-3-13-15(8-12)20-11-21-17(13)18/h2-3,8,10-11,14,16,19H,4-7,9H2,1H3,(H2,18,20,21). The number of rotatable bonds is 6. The van der Waals surface area contributed by atoms with Gasteiger partial charge in [-0.1, -0.05) is 6.07 Å². The molecule has 7 nitrogen and oxygen atoms in total. The number of benzene rings is 1. The van der Waals surface area contributed by atoms with Gasteiger partial charge in [-0.25, -0.2) is 9.97 Å². The van der Waals surface area contributed by atoms with Crippen LogP contribution in [0.5, 0.6) is 0 Å². The number of fused-ring (bicyclic) bond motifs is 1. The number of hydrogen-bond acceptors (Lipinski definition) is 7. The van der Waals surface area contributed by atoms with Gasteiger partial charge in [0.25, 0.3) is 0 Å². The lowest BCUT2D eigenvalue weighted by Crippen LogP contribution is -2.58. The number of carbonyl (C=O) groups excluding carboxylic acids is 1. The SMILES string of the molecule is COCCC1NCCN(Cc2ccc3c(N)ncnc3c2)C1C=O. The zero-order valence-electron chi connectivity index (χ0n) is 13.8. The molecule has 2 heterocycles. The molecule has 1 fully saturated rings. The van der Waals surface area contributed by atoms with Crippen molar-refractivity contribution in [1.29, 1.82) is 0 Å². The van der Waals surface area contributed by atoms with Crippen molar-refractivity contribution in [2.75, 3.05) is 32.5 Å². The highest BCUT2D eigenvalue weighted by atomic mass is 16.5. The average molecular weight is 329 g/mol. The minimum Gasteiger partial charge on any atom is -0.385 e. The fourth-order valence-corrected chi connectivity index (χ4v) is 3.26. The van der Waals surface area contributed by atoms with E-state index in [2.05, 4.69) is 20.2 Å². The minimum atomic E-state index is -0.153. The first-order valence-corrected chi connectivity index (χ1v) is 8.13. The van der Waals surface area contributed by atoms with Crippen molar-refractivity contribution in [2.24, 2.45) is 0 Å². The highest BCUT2D eigenvalue weighted by Crippen LogP contribution is 2.20. The highest BCUT2D eigenvalue weighted by molar-refractivity contribution is 5.88. The summed E-state index contributed by atoms with van der Waals surface area (Å²) in [7, 11) is 1.68. The fourth-order valence-electron chi connectivity index (χ4n) is 3.26. The zero-order valence-corrected chi connectivity index (χ0v) is 13.8. The van der Waals surface area contributed by atoms with E-state index in [9.17, 15) is 4.79 Å². The summed E-state index contributed by atoms with van der Waals surface area (Å²) < 4.78 is 5.15. The van der Waals surface area contributed by atoms with Crippen molar-refractivity contribution >= 4 is 23.0 Å². The third-order valence-electron chi connectivity index (χ3n) is 4.53. The number of piperazine rings is 1. The van der Waals surface area contributed by atoms with E-state index in [1.54, 1.807) is 7.11 Å². The number of nitrogens with two attached hydrogens (primary N) is 1. The molecule has 128 valence electrons. The Labute approximate surface area is 141 Å². The molecular weight excluding hydrogens is 306 g/mol. The third kappa shape index (κ3) is 3.53. The number of aromatic nitrogens is 2. The summed E-state index contributed by atoms with van der Waals surface area (Å²) in [4.78, 5) is 22.1. The van der Waals surface area contributed by atoms with E-state index in [4.69, 9.17) is 10.5 Å². The number of ether oxygens (including phenoxy) is 1. The summed E-state index contributed by atoms with van der Waals surface area (Å²) in [6.07, 6.45) is 3.33. The van der Waals surface area contributed by atoms with Crippen LogP contribution in [0.2, 0.25) is 0 Å². The molecule has 7 heteroatoms. The maximum atomic E-state index is 11.6. The number of methoxy groups -OCH3 is 1. The van der Waals surface area contributed by atoms with E-state index >= 15 is 0 Å². The lowest BCUT2D eigenvalue weighted by molar-refractivity contribution is -0.114. The Balaban J connectivity index is 1.77. The van der Waals surface area contributed by atoms with Gasteiger partial charge >= 0.3 is 0 Å². The number of nitrogen functional groups attached to an aromatic ring is 1. The Morgan fingerprint density at radius 3 is 3.12 bits per heavy atom. The maximum absolute atomic E-state index is 11.6. The van der Waals surface area contributed by atoms with Crippen molar-refractivity contribution in [3.63, 3.8) is 0 Å². The van der Waals surface area contributed by atoms with Crippen molar-refractivity contribution in [2.45, 2.75) is 25.0 Å². The molecule has 1 aliphatic rings. The van der Waals surface area contributed by atoms with Gasteiger partial charge in [-0.3, -0.25) is 4.90 Å². The predicted octanol–water partition coefficient (Wildman–Crippen LogP) is 0.590. The molecule has 0 saturated carbocycles. The van der Waals surface area contributed by atoms with E-state index in [0.29, 0.717) is 19.0 Å². The maximum Gasteiger partial charge on any atom is 0.138 e. The van der Waals surface area contributed by atoms with Crippen LogP contribution in [0.1, 0.15) is 12.0 Å². The summed E-state index contributed by atoms with van der Waals surface area (Å²) in [6.45, 7) is 3.04. The second-order valence-electron chi connectivity index (χ2n) is 6.05. The van der Waals surface area contributed by atoms with Crippen LogP contribution in [0.25, 0.3) is 10.9 Å². The van der Waals surface area contributed by atoms with Crippen molar-refractivity contribution in [1.82, 2.24) is 20.2 Å². The molecule has 0 radical (unpaired) electrons. The predicted molar refractivity (Wildman–Crippen MR) is 92.5 cm³/mol. The Morgan fingerprint density at radius 2 is 2.33 bits per heavy atom. The van der Waals surface area contributed by atoms with Crippen molar-refractivity contribution in [3.05, 3.63) is 30.1 Å². The molecule has 2 unspecified atom stereocenters. The second-order valence-corrected chi connectivity index (χ2v) is 6.05. The lowest BCUT2D eigenvalue weighted by Gasteiger charge is -2.39. The summed E-state index contributed by atoms with van der Waals surface area (Å²) in [5.74, 6) is 0.485. The van der Waals surface area contributed by atoms with Gasteiger partial charge in [0.1, 0.15) is 18.4 Å². The lowest BCUT2D eigenvalue weighted by atomic mass is 10.0. The van der Waals surface area contributed by atoms with E-state index in [0.717, 1.165) is 42.3 Å². The van der Waals surface area contributed by atoms with E-state index < -0.39 is 0 Å². The molecule has 0 spiro atoms. The summed E-state index contributed by atoms with van der Waals surface area (Å²) in [5.41, 5.74) is 7.81. The molecule has 1 saturated heterocycles. The molecule has 3 rings (SSSR count). The van der Waals surface area contributed by atoms with Crippen LogP contribution < -0.4 is 11.1 Å². The van der Waals surface area contributed by atoms with Gasteiger partial charge in [0.15, 0.2) is 0 Å². The Morgan fingerprint density at radius 1 is 1.46 bits per heavy atom. The van der Waals surface area contributed by atoms with E-state index in [-0.39, 0.29) is 12.1 Å². The van der Waals surface area contributed by atoms with Gasteiger partial charge in [0, 0.05) is 44.8 Å². The Kier molecular flexibility index (Phi) is 5.34. The smallest absolute Gasteiger partial charge is 0.138 e. The topological polar surface area (TPSA) is 93.4 Å². The fraction of sp³-hybridized carbons (Fsp3) is 0.471. The van der Waals surface area contributed by atoms with Gasteiger partial charge in [-0.05, 0) is 24.1 Å². The van der Waals surface area contributed by atoms with Gasteiger partial charge in [0.05, 0.1) is 11.6 Å². The Hall–Kier alpha value is -2.09. The number of nitrogens with one attached hydrogen (secondary N) is 1. The number of anilines is 1. The minimum absolute atomic E-state index is 0.120. The monoisotopic (exact) mass is 329 g/mol. The van der Waals surface area contributed by atoms with Gasteiger partial charge in [0.2, 0.25) is 0 Å². The molecule has 1 aromatic carbocycles.